The van der Waals surface area contributed by atoms with Crippen molar-refractivity contribution in [1.29, 1.82) is 0 Å². The van der Waals surface area contributed by atoms with Crippen LogP contribution in [-0.2, 0) is 10.5 Å². The SMILES string of the molecule is O=C(CSCc1ccccc1)NC[C@@H]1COc2ccccc2O1. The minimum Gasteiger partial charge on any atom is -0.486 e. The molecule has 0 radical (unpaired) electrons. The molecule has 0 bridgehead atoms. The molecule has 0 aliphatic carbocycles. The lowest BCUT2D eigenvalue weighted by Crippen LogP contribution is -2.41. The Balaban J connectivity index is 1.37. The average molecular weight is 329 g/mol. The van der Waals surface area contributed by atoms with Gasteiger partial charge in [-0.3, -0.25) is 4.79 Å². The van der Waals surface area contributed by atoms with E-state index in [2.05, 4.69) is 17.4 Å². The number of hydrogen-bond donors (Lipinski definition) is 1. The predicted molar refractivity (Wildman–Crippen MR) is 92.0 cm³/mol. The van der Waals surface area contributed by atoms with Gasteiger partial charge in [0.2, 0.25) is 5.91 Å². The summed E-state index contributed by atoms with van der Waals surface area (Å²) < 4.78 is 11.4. The first kappa shape index (κ1) is 15.7. The number of thioether (sulfide) groups is 1. The molecule has 1 aliphatic rings. The minimum absolute atomic E-state index is 0.0217. The van der Waals surface area contributed by atoms with Crippen molar-refractivity contribution >= 4 is 17.7 Å². The summed E-state index contributed by atoms with van der Waals surface area (Å²) in [7, 11) is 0. The predicted octanol–water partition coefficient (Wildman–Crippen LogP) is 2.88. The van der Waals surface area contributed by atoms with Crippen molar-refractivity contribution in [2.24, 2.45) is 0 Å². The Morgan fingerprint density at radius 1 is 1.09 bits per heavy atom. The van der Waals surface area contributed by atoms with Gasteiger partial charge in [-0.15, -0.1) is 11.8 Å². The summed E-state index contributed by atoms with van der Waals surface area (Å²) in [6, 6.07) is 17.7. The molecule has 1 heterocycles. The third-order valence-electron chi connectivity index (χ3n) is 3.44. The van der Waals surface area contributed by atoms with Crippen LogP contribution in [0.1, 0.15) is 5.56 Å². The average Bonchev–Trinajstić information content (AvgIpc) is 2.61. The van der Waals surface area contributed by atoms with Crippen LogP contribution >= 0.6 is 11.8 Å². The topological polar surface area (TPSA) is 47.6 Å². The van der Waals surface area contributed by atoms with Crippen molar-refractivity contribution in [2.75, 3.05) is 18.9 Å². The van der Waals surface area contributed by atoms with Gasteiger partial charge in [0.25, 0.3) is 0 Å². The first-order valence-corrected chi connectivity index (χ1v) is 8.73. The maximum Gasteiger partial charge on any atom is 0.230 e. The van der Waals surface area contributed by atoms with Gasteiger partial charge in [0.05, 0.1) is 12.3 Å². The van der Waals surface area contributed by atoms with Gasteiger partial charge in [-0.25, -0.2) is 0 Å². The van der Waals surface area contributed by atoms with Crippen LogP contribution in [0, 0.1) is 0 Å². The molecule has 0 fully saturated rings. The van der Waals surface area contributed by atoms with Gasteiger partial charge in [-0.1, -0.05) is 42.5 Å². The van der Waals surface area contributed by atoms with E-state index in [-0.39, 0.29) is 12.0 Å². The highest BCUT2D eigenvalue weighted by Crippen LogP contribution is 2.30. The fourth-order valence-electron chi connectivity index (χ4n) is 2.28. The third kappa shape index (κ3) is 4.66. The van der Waals surface area contributed by atoms with Crippen molar-refractivity contribution in [3.8, 4) is 11.5 Å². The standard InChI is InChI=1S/C18H19NO3S/c20-18(13-23-12-14-6-2-1-3-7-14)19-10-15-11-21-16-8-4-5-9-17(16)22-15/h1-9,15H,10-13H2,(H,19,20)/t15-/m1/s1. The number of rotatable bonds is 6. The Morgan fingerprint density at radius 3 is 2.65 bits per heavy atom. The van der Waals surface area contributed by atoms with Crippen molar-refractivity contribution in [1.82, 2.24) is 5.32 Å². The second kappa shape index (κ2) is 7.92. The van der Waals surface area contributed by atoms with Gasteiger partial charge in [0.15, 0.2) is 11.5 Å². The van der Waals surface area contributed by atoms with E-state index in [1.54, 1.807) is 11.8 Å². The van der Waals surface area contributed by atoms with Crippen molar-refractivity contribution in [3.05, 3.63) is 60.2 Å². The van der Waals surface area contributed by atoms with E-state index in [0.29, 0.717) is 18.9 Å². The van der Waals surface area contributed by atoms with Gasteiger partial charge in [-0.2, -0.15) is 0 Å². The maximum absolute atomic E-state index is 11.9. The van der Waals surface area contributed by atoms with E-state index < -0.39 is 0 Å². The van der Waals surface area contributed by atoms with Gasteiger partial charge >= 0.3 is 0 Å². The number of para-hydroxylation sites is 2. The molecule has 23 heavy (non-hydrogen) atoms. The van der Waals surface area contributed by atoms with E-state index in [9.17, 15) is 4.79 Å². The lowest BCUT2D eigenvalue weighted by molar-refractivity contribution is -0.119. The summed E-state index contributed by atoms with van der Waals surface area (Å²) in [6.07, 6.45) is -0.145. The molecule has 1 N–H and O–H groups in total. The van der Waals surface area contributed by atoms with Gasteiger partial charge in [0.1, 0.15) is 12.7 Å². The second-order valence-electron chi connectivity index (χ2n) is 5.28. The van der Waals surface area contributed by atoms with Gasteiger partial charge < -0.3 is 14.8 Å². The molecule has 2 aromatic rings. The highest BCUT2D eigenvalue weighted by Gasteiger charge is 2.20. The first-order chi connectivity index (χ1) is 11.3. The zero-order valence-electron chi connectivity index (χ0n) is 12.7. The largest absolute Gasteiger partial charge is 0.486 e. The van der Waals surface area contributed by atoms with Crippen molar-refractivity contribution in [3.63, 3.8) is 0 Å². The molecule has 1 aliphatic heterocycles. The second-order valence-corrected chi connectivity index (χ2v) is 6.27. The highest BCUT2D eigenvalue weighted by atomic mass is 32.2. The maximum atomic E-state index is 11.9. The minimum atomic E-state index is -0.145. The molecule has 5 heteroatoms. The van der Waals surface area contributed by atoms with Crippen LogP contribution in [0.3, 0.4) is 0 Å². The first-order valence-electron chi connectivity index (χ1n) is 7.58. The Kier molecular flexibility index (Phi) is 5.42. The smallest absolute Gasteiger partial charge is 0.230 e. The summed E-state index contributed by atoms with van der Waals surface area (Å²) in [5, 5.41) is 2.90. The number of carbonyl (C=O) groups is 1. The third-order valence-corrected chi connectivity index (χ3v) is 4.44. The van der Waals surface area contributed by atoms with Crippen molar-refractivity contribution < 1.29 is 14.3 Å². The Labute approximate surface area is 140 Å². The summed E-state index contributed by atoms with van der Waals surface area (Å²) in [5.74, 6) is 2.79. The fraction of sp³-hybridized carbons (Fsp3) is 0.278. The van der Waals surface area contributed by atoms with Crippen LogP contribution < -0.4 is 14.8 Å². The highest BCUT2D eigenvalue weighted by molar-refractivity contribution is 7.99. The Hall–Kier alpha value is -2.14. The van der Waals surface area contributed by atoms with E-state index in [1.165, 1.54) is 5.56 Å². The lowest BCUT2D eigenvalue weighted by Gasteiger charge is -2.26. The van der Waals surface area contributed by atoms with Crippen LogP contribution in [0.4, 0.5) is 0 Å². The summed E-state index contributed by atoms with van der Waals surface area (Å²) in [6.45, 7) is 0.910. The van der Waals surface area contributed by atoms with Gasteiger partial charge in [-0.05, 0) is 17.7 Å². The van der Waals surface area contributed by atoms with Crippen LogP contribution in [0.5, 0.6) is 11.5 Å². The number of fused-ring (bicyclic) bond motifs is 1. The summed E-state index contributed by atoms with van der Waals surface area (Å²) in [5.41, 5.74) is 1.23. The molecule has 2 aromatic carbocycles. The summed E-state index contributed by atoms with van der Waals surface area (Å²) >= 11 is 1.61. The number of nitrogens with one attached hydrogen (secondary N) is 1. The number of carbonyl (C=O) groups excluding carboxylic acids is 1. The molecule has 120 valence electrons. The zero-order chi connectivity index (χ0) is 15.9. The van der Waals surface area contributed by atoms with Crippen LogP contribution in [-0.4, -0.2) is 30.9 Å². The van der Waals surface area contributed by atoms with Crippen molar-refractivity contribution in [2.45, 2.75) is 11.9 Å². The van der Waals surface area contributed by atoms with Gasteiger partial charge in [0, 0.05) is 5.75 Å². The van der Waals surface area contributed by atoms with Crippen LogP contribution in [0.2, 0.25) is 0 Å². The van der Waals surface area contributed by atoms with Crippen LogP contribution in [0.25, 0.3) is 0 Å². The van der Waals surface area contributed by atoms with Crippen LogP contribution in [0.15, 0.2) is 54.6 Å². The molecule has 1 atom stereocenters. The monoisotopic (exact) mass is 329 g/mol. The molecule has 0 saturated heterocycles. The molecule has 3 rings (SSSR count). The van der Waals surface area contributed by atoms with E-state index in [4.69, 9.17) is 9.47 Å². The molecule has 4 nitrogen and oxygen atoms in total. The molecular formula is C18H19NO3S. The number of amides is 1. The Bertz CT molecular complexity index is 648. The van der Waals surface area contributed by atoms with E-state index >= 15 is 0 Å². The number of benzene rings is 2. The fourth-order valence-corrected chi connectivity index (χ4v) is 3.10. The zero-order valence-corrected chi connectivity index (χ0v) is 13.6. The number of ether oxygens (including phenoxy) is 2. The molecule has 0 unspecified atom stereocenters. The molecule has 0 spiro atoms. The molecule has 0 saturated carbocycles. The molecule has 0 aromatic heterocycles. The Morgan fingerprint density at radius 2 is 1.83 bits per heavy atom. The summed E-state index contributed by atoms with van der Waals surface area (Å²) in [4.78, 5) is 11.9. The quantitative estimate of drug-likeness (QED) is 0.885. The molecular weight excluding hydrogens is 310 g/mol. The lowest BCUT2D eigenvalue weighted by atomic mass is 10.2. The van der Waals surface area contributed by atoms with E-state index in [1.807, 2.05) is 42.5 Å². The number of hydrogen-bond acceptors (Lipinski definition) is 4. The normalized spacial score (nSPS) is 15.9. The molecule has 1 amide bonds. The van der Waals surface area contributed by atoms with E-state index in [0.717, 1.165) is 17.3 Å².